The number of nitrogens with zero attached hydrogens (tertiary/aromatic N) is 3. The van der Waals surface area contributed by atoms with Crippen molar-refractivity contribution in [3.63, 3.8) is 0 Å². The first-order chi connectivity index (χ1) is 22.0. The van der Waals surface area contributed by atoms with Crippen molar-refractivity contribution in [2.45, 2.75) is 70.3 Å². The lowest BCUT2D eigenvalue weighted by Gasteiger charge is -2.56. The number of morpholine rings is 1. The van der Waals surface area contributed by atoms with Gasteiger partial charge in [-0.25, -0.2) is 9.37 Å². The molecule has 0 saturated carbocycles. The maximum Gasteiger partial charge on any atom is 0.418 e. The molecule has 0 spiro atoms. The number of benzene rings is 2. The molecule has 3 aromatic rings. The predicted molar refractivity (Wildman–Crippen MR) is 158 cm³/mol. The van der Waals surface area contributed by atoms with Gasteiger partial charge in [0.1, 0.15) is 23.3 Å². The number of aromatic nitrogens is 2. The summed E-state index contributed by atoms with van der Waals surface area (Å²) in [7, 11) is 1.88. The number of H-pyrrole nitrogens is 1. The summed E-state index contributed by atoms with van der Waals surface area (Å²) in [6, 6.07) is 5.02. The Morgan fingerprint density at radius 1 is 1.15 bits per heavy atom. The molecule has 3 unspecified atom stereocenters. The number of carbonyl (C=O) groups is 1. The Morgan fingerprint density at radius 3 is 2.55 bits per heavy atom. The molecule has 258 valence electrons. The van der Waals surface area contributed by atoms with Gasteiger partial charge in [0.2, 0.25) is 0 Å². The minimum Gasteiger partial charge on any atom is -0.530 e. The van der Waals surface area contributed by atoms with Crippen molar-refractivity contribution in [1.29, 1.82) is 0 Å². The lowest BCUT2D eigenvalue weighted by Crippen LogP contribution is -2.63. The molecule has 7 nitrogen and oxygen atoms in total. The molecule has 2 heterocycles. The van der Waals surface area contributed by atoms with E-state index in [0.29, 0.717) is 44.8 Å². The molecule has 0 bridgehead atoms. The minimum absolute atomic E-state index is 0.0834. The van der Waals surface area contributed by atoms with Crippen LogP contribution in [0.1, 0.15) is 67.1 Å². The third kappa shape index (κ3) is 7.23. The van der Waals surface area contributed by atoms with E-state index in [0.717, 1.165) is 11.1 Å². The fourth-order valence-electron chi connectivity index (χ4n) is 7.76. The molecule has 0 radical (unpaired) electrons. The lowest BCUT2D eigenvalue weighted by molar-refractivity contribution is -0.276. The Hall–Kier alpha value is -3.39. The van der Waals surface area contributed by atoms with Crippen molar-refractivity contribution >= 4 is 17.1 Å². The summed E-state index contributed by atoms with van der Waals surface area (Å²) in [6.45, 7) is 5.84. The monoisotopic (exact) mass is 671 g/mol. The van der Waals surface area contributed by atoms with E-state index in [1.54, 1.807) is 12.1 Å². The first-order valence-electron chi connectivity index (χ1n) is 15.7. The van der Waals surface area contributed by atoms with Crippen LogP contribution >= 0.6 is 0 Å². The minimum atomic E-state index is -5.01. The van der Waals surface area contributed by atoms with Crippen molar-refractivity contribution in [3.05, 3.63) is 64.2 Å². The van der Waals surface area contributed by atoms with Crippen LogP contribution in [0.5, 0.6) is 0 Å². The van der Waals surface area contributed by atoms with Crippen molar-refractivity contribution in [2.24, 2.45) is 11.3 Å². The molecule has 1 aliphatic heterocycles. The second-order valence-corrected chi connectivity index (χ2v) is 13.1. The molecule has 1 saturated heterocycles. The number of hydrogen-bond donors (Lipinski definition) is 1. The van der Waals surface area contributed by atoms with Gasteiger partial charge in [0.15, 0.2) is 0 Å². The van der Waals surface area contributed by atoms with E-state index >= 15 is 0 Å². The van der Waals surface area contributed by atoms with Gasteiger partial charge >= 0.3 is 12.4 Å². The number of aromatic amines is 1. The van der Waals surface area contributed by atoms with Crippen LogP contribution in [-0.2, 0) is 29.9 Å². The number of ether oxygens (including phenoxy) is 1. The summed E-state index contributed by atoms with van der Waals surface area (Å²) in [5.41, 5.74) is -2.39. The summed E-state index contributed by atoms with van der Waals surface area (Å²) in [5.74, 6) is -0.193. The predicted octanol–water partition coefficient (Wildman–Crippen LogP) is 6.41. The van der Waals surface area contributed by atoms with Gasteiger partial charge in [0, 0.05) is 18.4 Å². The van der Waals surface area contributed by atoms with Gasteiger partial charge in [-0.1, -0.05) is 19.9 Å². The number of halogens is 7. The number of imidazole rings is 1. The van der Waals surface area contributed by atoms with E-state index in [1.165, 1.54) is 11.0 Å². The molecule has 47 heavy (non-hydrogen) atoms. The van der Waals surface area contributed by atoms with Crippen molar-refractivity contribution < 1.29 is 45.4 Å². The van der Waals surface area contributed by atoms with Crippen LogP contribution in [0.25, 0.3) is 11.0 Å². The molecule has 1 aromatic heterocycles. The van der Waals surface area contributed by atoms with Crippen LogP contribution < -0.4 is 5.11 Å². The zero-order valence-electron chi connectivity index (χ0n) is 26.4. The van der Waals surface area contributed by atoms with E-state index in [9.17, 15) is 40.6 Å². The Balaban J connectivity index is 1.34. The summed E-state index contributed by atoms with van der Waals surface area (Å²) in [4.78, 5) is 22.4. The quantitative estimate of drug-likeness (QED) is 0.266. The smallest absolute Gasteiger partial charge is 0.418 e. The average Bonchev–Trinajstić information content (AvgIpc) is 3.41. The molecule has 3 atom stereocenters. The topological polar surface area (TPSA) is 84.5 Å². The fourth-order valence-corrected chi connectivity index (χ4v) is 7.76. The molecule has 1 fully saturated rings. The highest BCUT2D eigenvalue weighted by Gasteiger charge is 2.52. The number of rotatable bonds is 9. The number of fused-ring (bicyclic) bond motifs is 2. The highest BCUT2D eigenvalue weighted by molar-refractivity contribution is 5.80. The van der Waals surface area contributed by atoms with Gasteiger partial charge in [-0.05, 0) is 93.0 Å². The molecular formula is C33H38F7N4O3-. The van der Waals surface area contributed by atoms with Crippen molar-refractivity contribution in [1.82, 2.24) is 19.8 Å². The molecule has 1 N–H and O–H groups in total. The molecular weight excluding hydrogens is 633 g/mol. The highest BCUT2D eigenvalue weighted by atomic mass is 19.4. The van der Waals surface area contributed by atoms with E-state index in [1.807, 2.05) is 11.9 Å². The van der Waals surface area contributed by atoms with E-state index in [4.69, 9.17) is 4.74 Å². The van der Waals surface area contributed by atoms with E-state index < -0.39 is 46.5 Å². The number of aryl methyl sites for hydroxylation is 2. The highest BCUT2D eigenvalue weighted by Crippen LogP contribution is 2.55. The molecule has 14 heteroatoms. The van der Waals surface area contributed by atoms with Crippen LogP contribution in [-0.4, -0.2) is 71.8 Å². The normalized spacial score (nSPS) is 22.3. The van der Waals surface area contributed by atoms with Crippen LogP contribution in [0.2, 0.25) is 0 Å². The average molecular weight is 672 g/mol. The number of hydrogen-bond acceptors (Lipinski definition) is 5. The number of nitrogens with one attached hydrogen (secondary N) is 1. The summed E-state index contributed by atoms with van der Waals surface area (Å²) in [5, 5.41) is 12.3. The number of carbonyl (C=O) groups excluding carboxylic acids is 1. The zero-order chi connectivity index (χ0) is 34.3. The first kappa shape index (κ1) is 34.9. The van der Waals surface area contributed by atoms with Crippen LogP contribution in [0, 0.1) is 17.2 Å². The van der Waals surface area contributed by atoms with Crippen LogP contribution in [0.3, 0.4) is 0 Å². The largest absolute Gasteiger partial charge is 0.530 e. The lowest BCUT2D eigenvalue weighted by atomic mass is 9.55. The van der Waals surface area contributed by atoms with E-state index in [2.05, 4.69) is 23.8 Å². The Morgan fingerprint density at radius 2 is 1.89 bits per heavy atom. The van der Waals surface area contributed by atoms with Gasteiger partial charge in [-0.2, -0.15) is 26.3 Å². The maximum atomic E-state index is 14.2. The Kier molecular flexibility index (Phi) is 9.85. The number of carboxylic acid groups (broad SMARTS) is 1. The number of alkyl halides is 6. The van der Waals surface area contributed by atoms with Gasteiger partial charge in [-0.15, -0.1) is 0 Å². The summed E-state index contributed by atoms with van der Waals surface area (Å²) >= 11 is 0. The molecule has 1 aliphatic carbocycles. The summed E-state index contributed by atoms with van der Waals surface area (Å²) < 4.78 is 101. The fraction of sp³-hybridized carbons (Fsp3) is 0.576. The van der Waals surface area contributed by atoms with Crippen molar-refractivity contribution in [2.75, 3.05) is 39.9 Å². The molecule has 2 aliphatic rings. The standard InChI is InChI=1S/C33H39F7N4O3/c1-19(2)28-23-7-6-22(34)15-20(23)8-9-31(28,26-18-47-14-13-44(26)30(45)46)10-12-43(3)11-4-5-27-41-25-17-21(32(35,36)37)16-24(29(25)42-27)33(38,39)40/h6-7,15-17,19,26,28H,4-5,8-14,18H2,1-3H3,(H,41,42)(H,45,46)/p-1. The Bertz CT molecular complexity index is 1590. The summed E-state index contributed by atoms with van der Waals surface area (Å²) in [6.07, 6.45) is -8.82. The third-order valence-electron chi connectivity index (χ3n) is 9.79. The van der Waals surface area contributed by atoms with Crippen molar-refractivity contribution in [3.8, 4) is 0 Å². The van der Waals surface area contributed by atoms with E-state index in [-0.39, 0.29) is 61.2 Å². The van der Waals surface area contributed by atoms with Gasteiger partial charge < -0.3 is 29.4 Å². The Labute approximate surface area is 268 Å². The zero-order valence-corrected chi connectivity index (χ0v) is 26.4. The van der Waals surface area contributed by atoms with Gasteiger partial charge in [0.25, 0.3) is 0 Å². The SMILES string of the molecule is CC(C)C1c2ccc(F)cc2CCC1(CCN(C)CCCc1nc2c(C(F)(F)F)cc(C(F)(F)F)cc2[nH]1)C1COCCN1C(=O)[O-]. The second kappa shape index (κ2) is 13.3. The van der Waals surface area contributed by atoms with Gasteiger partial charge in [-0.3, -0.25) is 0 Å². The number of amides is 1. The first-order valence-corrected chi connectivity index (χ1v) is 15.7. The molecule has 5 rings (SSSR count). The van der Waals surface area contributed by atoms with Crippen LogP contribution in [0.15, 0.2) is 30.3 Å². The molecule has 2 aromatic carbocycles. The maximum absolute atomic E-state index is 14.2. The molecule has 1 amide bonds. The second-order valence-electron chi connectivity index (χ2n) is 13.1. The van der Waals surface area contributed by atoms with Crippen LogP contribution in [0.4, 0.5) is 35.5 Å². The third-order valence-corrected chi connectivity index (χ3v) is 9.79. The van der Waals surface area contributed by atoms with Gasteiger partial charge in [0.05, 0.1) is 35.9 Å².